The molecule has 2 aliphatic heterocycles. The number of fused-ring (bicyclic) bond motifs is 1. The summed E-state index contributed by atoms with van der Waals surface area (Å²) in [5.74, 6) is -2.59. The third-order valence-electron chi connectivity index (χ3n) is 8.56. The summed E-state index contributed by atoms with van der Waals surface area (Å²) >= 11 is 0.952. The van der Waals surface area contributed by atoms with Gasteiger partial charge in [-0.2, -0.15) is 9.35 Å². The molecule has 0 radical (unpaired) electrons. The maximum atomic E-state index is 13.5. The molecule has 4 atom stereocenters. The van der Waals surface area contributed by atoms with Gasteiger partial charge in [0.1, 0.15) is 23.7 Å². The third kappa shape index (κ3) is 9.59. The van der Waals surface area contributed by atoms with Crippen LogP contribution in [0.15, 0.2) is 41.1 Å². The van der Waals surface area contributed by atoms with E-state index >= 15 is 0 Å². The van der Waals surface area contributed by atoms with Crippen molar-refractivity contribution in [1.82, 2.24) is 20.3 Å². The van der Waals surface area contributed by atoms with Crippen LogP contribution in [0.4, 0.5) is 11.1 Å². The zero-order chi connectivity index (χ0) is 40.9. The average Bonchev–Trinajstić information content (AvgIpc) is 3.56. The summed E-state index contributed by atoms with van der Waals surface area (Å²) < 4.78 is 45.3. The van der Waals surface area contributed by atoms with E-state index in [-0.39, 0.29) is 36.8 Å². The normalized spacial score (nSPS) is 19.2. The van der Waals surface area contributed by atoms with Crippen LogP contribution in [0.25, 0.3) is 11.1 Å². The molecule has 0 spiro atoms. The van der Waals surface area contributed by atoms with Crippen molar-refractivity contribution in [2.24, 2.45) is 17.9 Å². The van der Waals surface area contributed by atoms with Crippen molar-refractivity contribution in [2.75, 3.05) is 24.1 Å². The Morgan fingerprint density at radius 1 is 1.35 bits per heavy atom. The van der Waals surface area contributed by atoms with E-state index in [0.717, 1.165) is 28.0 Å². The van der Waals surface area contributed by atoms with Crippen LogP contribution in [0.5, 0.6) is 5.75 Å². The number of nitrogens with zero attached hydrogens (tertiary/aromatic N) is 5. The lowest BCUT2D eigenvalue weighted by Crippen LogP contribution is -2.76. The van der Waals surface area contributed by atoms with Gasteiger partial charge in [0.25, 0.3) is 23.9 Å². The van der Waals surface area contributed by atoms with Gasteiger partial charge in [0.2, 0.25) is 10.4 Å². The number of aryl methyl sites for hydroxylation is 2. The first-order valence-electron chi connectivity index (χ1n) is 16.1. The van der Waals surface area contributed by atoms with E-state index in [1.807, 2.05) is 12.3 Å². The fourth-order valence-electron chi connectivity index (χ4n) is 5.49. The SMILES string of the molecule is C[n+]1cc(-c2ccc3c(c2)CCC(C(C)(O/N=C(\C(=O)NC2C(=O)N(OS(=O)(=O)[O-])C2(C)C)c2csc(N)n2)C(=O)O)O3)cnc1NCC(O)CN.O=CO. The molecule has 1 saturated heterocycles. The smallest absolute Gasteiger partial charge is 0.391 e. The highest BCUT2D eigenvalue weighted by Crippen LogP contribution is 2.37. The number of amides is 2. The van der Waals surface area contributed by atoms with E-state index < -0.39 is 63.3 Å². The molecule has 0 aliphatic carbocycles. The molecule has 298 valence electrons. The van der Waals surface area contributed by atoms with Crippen molar-refractivity contribution < 1.29 is 65.9 Å². The average molecular weight is 810 g/mol. The van der Waals surface area contributed by atoms with Gasteiger partial charge in [-0.15, -0.1) is 11.3 Å². The van der Waals surface area contributed by atoms with E-state index in [0.29, 0.717) is 23.2 Å². The summed E-state index contributed by atoms with van der Waals surface area (Å²) in [6, 6.07) is 4.02. The van der Waals surface area contributed by atoms with Crippen molar-refractivity contribution in [3.63, 3.8) is 0 Å². The minimum atomic E-state index is -5.29. The number of aliphatic carboxylic acids is 1. The molecule has 22 nitrogen and oxygen atoms in total. The number of carbonyl (C=O) groups excluding carboxylic acids is 2. The number of nitrogens with two attached hydrogens (primary N) is 2. The number of carboxylic acids is 1. The first-order chi connectivity index (χ1) is 25.7. The summed E-state index contributed by atoms with van der Waals surface area (Å²) in [4.78, 5) is 61.2. The molecule has 55 heavy (non-hydrogen) atoms. The van der Waals surface area contributed by atoms with Crippen LogP contribution in [0, 0.1) is 0 Å². The molecule has 0 bridgehead atoms. The first kappa shape index (κ1) is 42.2. The van der Waals surface area contributed by atoms with Crippen LogP contribution in [-0.4, -0.2) is 116 Å². The van der Waals surface area contributed by atoms with Crippen LogP contribution < -0.4 is 31.4 Å². The Kier molecular flexibility index (Phi) is 12.9. The highest BCUT2D eigenvalue weighted by molar-refractivity contribution is 7.80. The number of carboxylic acid groups (broad SMARTS) is 2. The second-order valence-corrected chi connectivity index (χ2v) is 14.7. The minimum absolute atomic E-state index is 0.0443. The molecule has 1 aromatic carbocycles. The molecule has 4 heterocycles. The largest absolute Gasteiger partial charge is 0.724 e. The lowest BCUT2D eigenvalue weighted by molar-refractivity contribution is -0.659. The third-order valence-corrected chi connectivity index (χ3v) is 9.57. The number of anilines is 2. The quantitative estimate of drug-likeness (QED) is 0.0185. The zero-order valence-corrected chi connectivity index (χ0v) is 31.4. The molecule has 9 N–H and O–H groups in total. The van der Waals surface area contributed by atoms with Gasteiger partial charge in [-0.25, -0.2) is 22.8 Å². The highest BCUT2D eigenvalue weighted by atomic mass is 32.3. The van der Waals surface area contributed by atoms with Crippen molar-refractivity contribution in [3.8, 4) is 16.9 Å². The Bertz CT molecular complexity index is 2080. The van der Waals surface area contributed by atoms with Crippen LogP contribution in [0.3, 0.4) is 0 Å². The number of hydrogen-bond donors (Lipinski definition) is 7. The summed E-state index contributed by atoms with van der Waals surface area (Å²) in [5, 5.41) is 38.0. The van der Waals surface area contributed by atoms with Gasteiger partial charge in [-0.1, -0.05) is 16.2 Å². The number of oxime groups is 1. The number of carbonyl (C=O) groups is 4. The second-order valence-electron chi connectivity index (χ2n) is 12.8. The lowest BCUT2D eigenvalue weighted by atomic mass is 9.84. The molecule has 3 aromatic rings. The number of aliphatic hydroxyl groups excluding tert-OH is 1. The number of thiazole rings is 1. The predicted molar refractivity (Wildman–Crippen MR) is 190 cm³/mol. The minimum Gasteiger partial charge on any atom is -0.724 e. The Morgan fingerprint density at radius 3 is 2.60 bits per heavy atom. The molecule has 2 aliphatic rings. The number of aromatic nitrogens is 3. The number of aliphatic hydroxyl groups is 1. The standard InChI is InChI=1S/C30H37N9O11S2.CH2O2/c1-29(2)23(25(42)39(29)50-52(45,46)47)36-24(41)22(19-14-51-27(32)35-19)37-49-30(3,26(43)44)21-8-6-16-9-15(5-7-20(16)48-21)17-11-33-28(38(4)13-17)34-12-18(40)10-31;2-1-3/h5,7,9,11,13-14,18,21,23,40H,6,8,10,12,31H2,1-4H3,(H5,32,35,36,41,43,44,45,46,47);1H,(H,2,3)/b37-22-;. The van der Waals surface area contributed by atoms with Gasteiger partial charge < -0.3 is 46.2 Å². The Balaban J connectivity index is 0.00000217. The number of benzene rings is 1. The molecule has 1 fully saturated rings. The van der Waals surface area contributed by atoms with E-state index in [4.69, 9.17) is 30.9 Å². The number of nitrogens with one attached hydrogen (secondary N) is 2. The monoisotopic (exact) mass is 809 g/mol. The Morgan fingerprint density at radius 2 is 2.04 bits per heavy atom. The van der Waals surface area contributed by atoms with Gasteiger partial charge in [0, 0.05) is 17.5 Å². The highest BCUT2D eigenvalue weighted by Gasteiger charge is 2.57. The summed E-state index contributed by atoms with van der Waals surface area (Å²) in [6.45, 7) is 4.01. The van der Waals surface area contributed by atoms with Crippen molar-refractivity contribution in [1.29, 1.82) is 0 Å². The second kappa shape index (κ2) is 16.9. The molecule has 24 heteroatoms. The predicted octanol–water partition coefficient (Wildman–Crippen LogP) is -1.50. The molecule has 2 amide bonds. The molecule has 5 rings (SSSR count). The van der Waals surface area contributed by atoms with Crippen molar-refractivity contribution in [2.45, 2.75) is 63.0 Å². The van der Waals surface area contributed by atoms with Crippen LogP contribution in [0.2, 0.25) is 0 Å². The number of nitrogen functional groups attached to an aromatic ring is 1. The Hall–Kier alpha value is -5.53. The number of β-lactam (4-membered cyclic amide) rings is 1. The zero-order valence-electron chi connectivity index (χ0n) is 29.7. The molecular weight excluding hydrogens is 771 g/mol. The number of hydrogen-bond acceptors (Lipinski definition) is 18. The number of rotatable bonds is 14. The first-order valence-corrected chi connectivity index (χ1v) is 18.3. The van der Waals surface area contributed by atoms with E-state index in [9.17, 15) is 37.6 Å². The summed E-state index contributed by atoms with van der Waals surface area (Å²) in [6.07, 6.45) is 2.31. The maximum Gasteiger partial charge on any atom is 0.391 e. The fourth-order valence-corrected chi connectivity index (χ4v) is 6.48. The van der Waals surface area contributed by atoms with Crippen molar-refractivity contribution in [3.05, 3.63) is 47.2 Å². The van der Waals surface area contributed by atoms with Gasteiger partial charge in [-0.3, -0.25) is 19.7 Å². The van der Waals surface area contributed by atoms with Gasteiger partial charge in [-0.05, 0) is 56.9 Å². The summed E-state index contributed by atoms with van der Waals surface area (Å²) in [7, 11) is -3.49. The van der Waals surface area contributed by atoms with Crippen LogP contribution >= 0.6 is 11.3 Å². The number of hydroxylamine groups is 2. The van der Waals surface area contributed by atoms with Gasteiger partial charge in [0.15, 0.2) is 16.9 Å². The molecular formula is C31H39N9O13S2. The van der Waals surface area contributed by atoms with E-state index in [1.54, 1.807) is 29.9 Å². The molecule has 2 aromatic heterocycles. The topological polar surface area (TPSA) is 335 Å². The maximum absolute atomic E-state index is 13.5. The Labute approximate surface area is 317 Å². The molecule has 0 saturated carbocycles. The van der Waals surface area contributed by atoms with Crippen LogP contribution in [-0.2, 0) is 52.2 Å². The van der Waals surface area contributed by atoms with Crippen LogP contribution in [0.1, 0.15) is 38.4 Å². The number of ether oxygens (including phenoxy) is 1. The van der Waals surface area contributed by atoms with Gasteiger partial charge >= 0.3 is 11.9 Å². The molecule has 4 unspecified atom stereocenters. The van der Waals surface area contributed by atoms with Crippen molar-refractivity contribution >= 4 is 62.8 Å². The summed E-state index contributed by atoms with van der Waals surface area (Å²) in [5.41, 5.74) is 9.38. The van der Waals surface area contributed by atoms with E-state index in [2.05, 4.69) is 30.0 Å². The van der Waals surface area contributed by atoms with E-state index in [1.165, 1.54) is 26.2 Å². The lowest BCUT2D eigenvalue weighted by Gasteiger charge is -2.51. The van der Waals surface area contributed by atoms with Gasteiger partial charge in [0.05, 0.1) is 31.4 Å². The fraction of sp³-hybridized carbons (Fsp3) is 0.419.